The van der Waals surface area contributed by atoms with Gasteiger partial charge in [-0.3, -0.25) is 9.59 Å². The number of amides is 2. The van der Waals surface area contributed by atoms with E-state index in [4.69, 9.17) is 21.6 Å². The fourth-order valence-electron chi connectivity index (χ4n) is 3.48. The summed E-state index contributed by atoms with van der Waals surface area (Å²) in [6, 6.07) is 13.4. The first kappa shape index (κ1) is 19.5. The van der Waals surface area contributed by atoms with E-state index in [-0.39, 0.29) is 11.8 Å². The Labute approximate surface area is 172 Å². The molecule has 29 heavy (non-hydrogen) atoms. The van der Waals surface area contributed by atoms with Gasteiger partial charge in [0.05, 0.1) is 0 Å². The number of carbonyl (C=O) groups is 2. The monoisotopic (exact) mass is 411 g/mol. The van der Waals surface area contributed by atoms with E-state index in [0.29, 0.717) is 47.9 Å². The predicted octanol–water partition coefficient (Wildman–Crippen LogP) is 1.10. The van der Waals surface area contributed by atoms with Crippen LogP contribution in [0.2, 0.25) is 5.02 Å². The molecule has 2 amide bonds. The van der Waals surface area contributed by atoms with E-state index in [2.05, 4.69) is 4.98 Å². The van der Waals surface area contributed by atoms with Crippen LogP contribution < -0.4 is 5.46 Å². The highest BCUT2D eigenvalue weighted by Crippen LogP contribution is 2.21. The molecule has 1 aromatic heterocycles. The molecule has 1 saturated heterocycles. The largest absolute Gasteiger partial charge is 0.488 e. The van der Waals surface area contributed by atoms with E-state index >= 15 is 0 Å². The molecule has 1 aliphatic rings. The van der Waals surface area contributed by atoms with E-state index in [1.165, 1.54) is 12.1 Å². The molecule has 1 fully saturated rings. The average Bonchev–Trinajstić information content (AvgIpc) is 3.16. The predicted molar refractivity (Wildman–Crippen MR) is 111 cm³/mol. The van der Waals surface area contributed by atoms with Crippen molar-refractivity contribution in [1.82, 2.24) is 14.8 Å². The number of rotatable bonds is 3. The highest BCUT2D eigenvalue weighted by molar-refractivity contribution is 6.58. The molecule has 2 heterocycles. The van der Waals surface area contributed by atoms with E-state index in [0.717, 1.165) is 10.9 Å². The molecule has 7 nitrogen and oxygen atoms in total. The Morgan fingerprint density at radius 2 is 1.52 bits per heavy atom. The van der Waals surface area contributed by atoms with Crippen molar-refractivity contribution in [1.29, 1.82) is 0 Å². The van der Waals surface area contributed by atoms with Crippen molar-refractivity contribution in [2.75, 3.05) is 26.2 Å². The van der Waals surface area contributed by atoms with Crippen LogP contribution in [0, 0.1) is 0 Å². The van der Waals surface area contributed by atoms with Crippen LogP contribution in [-0.2, 0) is 0 Å². The molecular weight excluding hydrogens is 393 g/mol. The van der Waals surface area contributed by atoms with Gasteiger partial charge in [0.25, 0.3) is 11.8 Å². The zero-order valence-corrected chi connectivity index (χ0v) is 16.3. The maximum atomic E-state index is 12.8. The average molecular weight is 412 g/mol. The zero-order chi connectivity index (χ0) is 20.5. The first-order valence-corrected chi connectivity index (χ1v) is 9.63. The lowest BCUT2D eigenvalue weighted by molar-refractivity contribution is 0.0533. The van der Waals surface area contributed by atoms with Crippen LogP contribution in [0.4, 0.5) is 0 Å². The highest BCUT2D eigenvalue weighted by atomic mass is 35.5. The molecule has 0 saturated carbocycles. The third kappa shape index (κ3) is 4.00. The van der Waals surface area contributed by atoms with Gasteiger partial charge in [-0.05, 0) is 41.9 Å². The fraction of sp³-hybridized carbons (Fsp3) is 0.200. The lowest BCUT2D eigenvalue weighted by Crippen LogP contribution is -2.50. The summed E-state index contributed by atoms with van der Waals surface area (Å²) >= 11 is 6.00. The number of halogens is 1. The molecule has 0 radical (unpaired) electrons. The van der Waals surface area contributed by atoms with E-state index in [9.17, 15) is 9.59 Å². The number of aromatic nitrogens is 1. The second kappa shape index (κ2) is 7.90. The first-order valence-electron chi connectivity index (χ1n) is 9.25. The molecule has 0 spiro atoms. The van der Waals surface area contributed by atoms with Gasteiger partial charge >= 0.3 is 7.12 Å². The smallest absolute Gasteiger partial charge is 0.423 e. The van der Waals surface area contributed by atoms with Gasteiger partial charge in [-0.1, -0.05) is 23.7 Å². The molecule has 148 valence electrons. The summed E-state index contributed by atoms with van der Waals surface area (Å²) in [5, 5.41) is 19.8. The SMILES string of the molecule is O=C(c1ccc(B(O)O)cc1)N1CCN(C(=O)c2cc3cc(Cl)ccc3[nH]2)CC1. The Hall–Kier alpha value is -2.81. The van der Waals surface area contributed by atoms with Crippen LogP contribution in [-0.4, -0.2) is 69.9 Å². The Morgan fingerprint density at radius 1 is 0.897 bits per heavy atom. The van der Waals surface area contributed by atoms with E-state index < -0.39 is 7.12 Å². The van der Waals surface area contributed by atoms with Crippen molar-refractivity contribution < 1.29 is 19.6 Å². The lowest BCUT2D eigenvalue weighted by Gasteiger charge is -2.34. The fourth-order valence-corrected chi connectivity index (χ4v) is 3.66. The van der Waals surface area contributed by atoms with Crippen molar-refractivity contribution in [2.45, 2.75) is 0 Å². The maximum absolute atomic E-state index is 12.8. The number of hydrogen-bond donors (Lipinski definition) is 3. The second-order valence-electron chi connectivity index (χ2n) is 6.99. The third-order valence-corrected chi connectivity index (χ3v) is 5.36. The van der Waals surface area contributed by atoms with Crippen LogP contribution in [0.1, 0.15) is 20.8 Å². The minimum absolute atomic E-state index is 0.106. The van der Waals surface area contributed by atoms with Crippen LogP contribution in [0.5, 0.6) is 0 Å². The number of piperazine rings is 1. The topological polar surface area (TPSA) is 96.9 Å². The van der Waals surface area contributed by atoms with Crippen molar-refractivity contribution >= 4 is 46.9 Å². The van der Waals surface area contributed by atoms with Gasteiger partial charge in [-0.2, -0.15) is 0 Å². The van der Waals surface area contributed by atoms with Crippen LogP contribution in [0.3, 0.4) is 0 Å². The summed E-state index contributed by atoms with van der Waals surface area (Å²) in [6.45, 7) is 1.74. The molecule has 2 aromatic carbocycles. The molecule has 0 atom stereocenters. The van der Waals surface area contributed by atoms with E-state index in [1.54, 1.807) is 34.1 Å². The Balaban J connectivity index is 1.40. The Morgan fingerprint density at radius 3 is 2.14 bits per heavy atom. The van der Waals surface area contributed by atoms with Gasteiger partial charge < -0.3 is 24.8 Å². The number of carbonyl (C=O) groups excluding carboxylic acids is 2. The molecule has 1 aliphatic heterocycles. The van der Waals surface area contributed by atoms with Crippen molar-refractivity contribution in [3.8, 4) is 0 Å². The highest BCUT2D eigenvalue weighted by Gasteiger charge is 2.26. The summed E-state index contributed by atoms with van der Waals surface area (Å²) < 4.78 is 0. The van der Waals surface area contributed by atoms with Gasteiger partial charge in [0.2, 0.25) is 0 Å². The molecule has 4 rings (SSSR count). The summed E-state index contributed by atoms with van der Waals surface area (Å²) in [4.78, 5) is 32.0. The van der Waals surface area contributed by atoms with Crippen LogP contribution >= 0.6 is 11.6 Å². The number of benzene rings is 2. The normalized spacial score (nSPS) is 14.3. The van der Waals surface area contributed by atoms with Gasteiger partial charge in [-0.25, -0.2) is 0 Å². The zero-order valence-electron chi connectivity index (χ0n) is 15.5. The van der Waals surface area contributed by atoms with Gasteiger partial charge in [0, 0.05) is 47.7 Å². The third-order valence-electron chi connectivity index (χ3n) is 5.12. The molecule has 0 unspecified atom stereocenters. The minimum Gasteiger partial charge on any atom is -0.423 e. The Kier molecular flexibility index (Phi) is 5.32. The van der Waals surface area contributed by atoms with E-state index in [1.807, 2.05) is 12.1 Å². The summed E-state index contributed by atoms with van der Waals surface area (Å²) in [6.07, 6.45) is 0. The van der Waals surface area contributed by atoms with Gasteiger partial charge in [-0.15, -0.1) is 0 Å². The second-order valence-corrected chi connectivity index (χ2v) is 7.43. The quantitative estimate of drug-likeness (QED) is 0.562. The number of fused-ring (bicyclic) bond motifs is 1. The number of nitrogens with zero attached hydrogens (tertiary/aromatic N) is 2. The molecule has 9 heteroatoms. The number of aromatic amines is 1. The first-order chi connectivity index (χ1) is 13.9. The number of hydrogen-bond acceptors (Lipinski definition) is 4. The van der Waals surface area contributed by atoms with Gasteiger partial charge in [0.15, 0.2) is 0 Å². The standard InChI is InChI=1S/C20H19BClN3O4/c22-16-5-6-17-14(11-16)12-18(23-17)20(27)25-9-7-24(8-10-25)19(26)13-1-3-15(4-2-13)21(28)29/h1-6,11-12,23,28-29H,7-10H2. The molecule has 0 aliphatic carbocycles. The molecular formula is C20H19BClN3O4. The molecule has 3 N–H and O–H groups in total. The molecule has 3 aromatic rings. The van der Waals surface area contributed by atoms with Crippen molar-refractivity contribution in [3.63, 3.8) is 0 Å². The summed E-state index contributed by atoms with van der Waals surface area (Å²) in [7, 11) is -1.56. The lowest BCUT2D eigenvalue weighted by atomic mass is 9.80. The minimum atomic E-state index is -1.56. The van der Waals surface area contributed by atoms with Crippen LogP contribution in [0.15, 0.2) is 48.5 Å². The van der Waals surface area contributed by atoms with Crippen molar-refractivity contribution in [2.24, 2.45) is 0 Å². The number of nitrogens with one attached hydrogen (secondary N) is 1. The van der Waals surface area contributed by atoms with Crippen molar-refractivity contribution in [3.05, 3.63) is 64.8 Å². The van der Waals surface area contributed by atoms with Gasteiger partial charge in [0.1, 0.15) is 5.69 Å². The molecule has 0 bridgehead atoms. The summed E-state index contributed by atoms with van der Waals surface area (Å²) in [5.41, 5.74) is 2.15. The maximum Gasteiger partial charge on any atom is 0.488 e. The van der Waals surface area contributed by atoms with Crippen LogP contribution in [0.25, 0.3) is 10.9 Å². The number of H-pyrrole nitrogens is 1. The Bertz CT molecular complexity index is 1060. The summed E-state index contributed by atoms with van der Waals surface area (Å²) in [5.74, 6) is -0.248.